The van der Waals surface area contributed by atoms with Crippen LogP contribution >= 0.6 is 0 Å². The van der Waals surface area contributed by atoms with Gasteiger partial charge >= 0.3 is 0 Å². The highest BCUT2D eigenvalue weighted by atomic mass is 19.1. The molecule has 2 nitrogen and oxygen atoms in total. The fraction of sp³-hybridized carbons (Fsp3) is 0. The van der Waals surface area contributed by atoms with Crippen LogP contribution in [0, 0.1) is 5.82 Å². The van der Waals surface area contributed by atoms with E-state index in [2.05, 4.69) is 4.57 Å². The molecule has 0 spiro atoms. The molecule has 0 radical (unpaired) electrons. The molecule has 0 amide bonds. The molecule has 1 aromatic heterocycles. The highest BCUT2D eigenvalue weighted by molar-refractivity contribution is 5.93. The third-order valence-corrected chi connectivity index (χ3v) is 3.98. The molecule has 23 heavy (non-hydrogen) atoms. The Kier molecular flexibility index (Phi) is 3.12. The number of hydrogen-bond acceptors (Lipinski definition) is 1. The molecule has 1 heterocycles. The van der Waals surface area contributed by atoms with Gasteiger partial charge in [-0.05, 0) is 60.2 Å². The van der Waals surface area contributed by atoms with E-state index >= 15 is 0 Å². The largest absolute Gasteiger partial charge is 0.507 e. The number of para-hydroxylation sites is 1. The summed E-state index contributed by atoms with van der Waals surface area (Å²) < 4.78 is 15.3. The van der Waals surface area contributed by atoms with E-state index in [1.165, 1.54) is 12.1 Å². The van der Waals surface area contributed by atoms with Gasteiger partial charge in [0, 0.05) is 11.1 Å². The van der Waals surface area contributed by atoms with Gasteiger partial charge in [-0.15, -0.1) is 0 Å². The second-order valence-corrected chi connectivity index (χ2v) is 5.42. The van der Waals surface area contributed by atoms with Gasteiger partial charge in [-0.3, -0.25) is 0 Å². The predicted molar refractivity (Wildman–Crippen MR) is 90.3 cm³/mol. The van der Waals surface area contributed by atoms with Crippen molar-refractivity contribution in [2.45, 2.75) is 0 Å². The fourth-order valence-electron chi connectivity index (χ4n) is 2.90. The summed E-state index contributed by atoms with van der Waals surface area (Å²) in [6.45, 7) is 0. The van der Waals surface area contributed by atoms with Crippen molar-refractivity contribution >= 4 is 10.9 Å². The van der Waals surface area contributed by atoms with Crippen LogP contribution in [0.25, 0.3) is 27.8 Å². The molecule has 0 atom stereocenters. The van der Waals surface area contributed by atoms with Crippen LogP contribution in [0.2, 0.25) is 0 Å². The van der Waals surface area contributed by atoms with Crippen molar-refractivity contribution in [2.24, 2.45) is 0 Å². The van der Waals surface area contributed by atoms with Crippen LogP contribution in [-0.4, -0.2) is 9.67 Å². The summed E-state index contributed by atoms with van der Waals surface area (Å²) in [4.78, 5) is 0. The molecule has 0 saturated heterocycles. The van der Waals surface area contributed by atoms with Crippen LogP contribution in [0.1, 0.15) is 0 Å². The summed E-state index contributed by atoms with van der Waals surface area (Å²) in [6.07, 6.45) is 0. The minimum atomic E-state index is -0.265. The SMILES string of the molecule is Oc1cccc2c1cc(-c1ccc(F)cc1)n2-c1ccccc1. The maximum Gasteiger partial charge on any atom is 0.124 e. The lowest BCUT2D eigenvalue weighted by Gasteiger charge is -2.11. The third-order valence-electron chi connectivity index (χ3n) is 3.98. The highest BCUT2D eigenvalue weighted by Gasteiger charge is 2.14. The van der Waals surface area contributed by atoms with E-state index in [0.717, 1.165) is 27.8 Å². The van der Waals surface area contributed by atoms with E-state index in [0.29, 0.717) is 0 Å². The second kappa shape index (κ2) is 5.29. The first kappa shape index (κ1) is 13.6. The third kappa shape index (κ3) is 2.27. The normalized spacial score (nSPS) is 11.0. The number of phenolic OH excluding ortho intramolecular Hbond substituents is 1. The number of benzene rings is 3. The Morgan fingerprint density at radius 2 is 1.52 bits per heavy atom. The molecule has 1 N–H and O–H groups in total. The minimum absolute atomic E-state index is 0.237. The van der Waals surface area contributed by atoms with Crippen molar-refractivity contribution < 1.29 is 9.50 Å². The summed E-state index contributed by atoms with van der Waals surface area (Å²) in [5, 5.41) is 10.9. The summed E-state index contributed by atoms with van der Waals surface area (Å²) >= 11 is 0. The van der Waals surface area contributed by atoms with Crippen molar-refractivity contribution in [3.8, 4) is 22.7 Å². The zero-order chi connectivity index (χ0) is 15.8. The van der Waals surface area contributed by atoms with E-state index in [1.54, 1.807) is 18.2 Å². The molecule has 0 saturated carbocycles. The van der Waals surface area contributed by atoms with Gasteiger partial charge in [-0.25, -0.2) is 4.39 Å². The van der Waals surface area contributed by atoms with E-state index in [1.807, 2.05) is 48.5 Å². The van der Waals surface area contributed by atoms with Crippen LogP contribution in [-0.2, 0) is 0 Å². The first-order valence-corrected chi connectivity index (χ1v) is 7.39. The van der Waals surface area contributed by atoms with Gasteiger partial charge in [0.15, 0.2) is 0 Å². The number of phenols is 1. The predicted octanol–water partition coefficient (Wildman–Crippen LogP) is 5.14. The molecule has 0 bridgehead atoms. The zero-order valence-electron chi connectivity index (χ0n) is 12.3. The number of aromatic hydroxyl groups is 1. The number of fused-ring (bicyclic) bond motifs is 1. The topological polar surface area (TPSA) is 25.2 Å². The van der Waals surface area contributed by atoms with E-state index in [9.17, 15) is 9.50 Å². The average molecular weight is 303 g/mol. The summed E-state index contributed by atoms with van der Waals surface area (Å²) in [5.41, 5.74) is 3.71. The number of aromatic nitrogens is 1. The Labute approximate surface area is 133 Å². The minimum Gasteiger partial charge on any atom is -0.507 e. The van der Waals surface area contributed by atoms with Gasteiger partial charge in [0.1, 0.15) is 11.6 Å². The molecule has 112 valence electrons. The van der Waals surface area contributed by atoms with Gasteiger partial charge in [0.2, 0.25) is 0 Å². The van der Waals surface area contributed by atoms with Crippen molar-refractivity contribution in [1.82, 2.24) is 4.57 Å². The first-order chi connectivity index (χ1) is 11.2. The van der Waals surface area contributed by atoms with Crippen molar-refractivity contribution in [3.63, 3.8) is 0 Å². The average Bonchev–Trinajstić information content (AvgIpc) is 2.97. The van der Waals surface area contributed by atoms with Gasteiger partial charge in [-0.1, -0.05) is 24.3 Å². The smallest absolute Gasteiger partial charge is 0.124 e. The van der Waals surface area contributed by atoms with Gasteiger partial charge in [-0.2, -0.15) is 0 Å². The molecule has 0 unspecified atom stereocenters. The maximum absolute atomic E-state index is 13.2. The monoisotopic (exact) mass is 303 g/mol. The Bertz CT molecular complexity index is 972. The molecule has 0 aliphatic rings. The van der Waals surface area contributed by atoms with Gasteiger partial charge in [0.05, 0.1) is 11.2 Å². The lowest BCUT2D eigenvalue weighted by molar-refractivity contribution is 0.481. The molecule has 4 rings (SSSR count). The molecule has 0 aliphatic carbocycles. The summed E-state index contributed by atoms with van der Waals surface area (Å²) in [6, 6.07) is 23.7. The Balaban J connectivity index is 2.07. The second-order valence-electron chi connectivity index (χ2n) is 5.42. The summed E-state index contributed by atoms with van der Waals surface area (Å²) in [7, 11) is 0. The molecule has 3 aromatic carbocycles. The number of rotatable bonds is 2. The molecule has 0 fully saturated rings. The molecular weight excluding hydrogens is 289 g/mol. The number of halogens is 1. The Morgan fingerprint density at radius 3 is 2.26 bits per heavy atom. The van der Waals surface area contributed by atoms with Gasteiger partial charge < -0.3 is 9.67 Å². The lowest BCUT2D eigenvalue weighted by atomic mass is 10.1. The Hall–Kier alpha value is -3.07. The molecule has 3 heteroatoms. The van der Waals surface area contributed by atoms with Crippen molar-refractivity contribution in [3.05, 3.63) is 84.7 Å². The highest BCUT2D eigenvalue weighted by Crippen LogP contribution is 2.35. The van der Waals surface area contributed by atoms with Crippen LogP contribution in [0.5, 0.6) is 5.75 Å². The molecular formula is C20H14FNO. The maximum atomic E-state index is 13.2. The lowest BCUT2D eigenvalue weighted by Crippen LogP contribution is -1.96. The van der Waals surface area contributed by atoms with E-state index < -0.39 is 0 Å². The van der Waals surface area contributed by atoms with E-state index in [-0.39, 0.29) is 11.6 Å². The summed E-state index contributed by atoms with van der Waals surface area (Å²) in [5.74, 6) is -0.0282. The van der Waals surface area contributed by atoms with Crippen LogP contribution in [0.15, 0.2) is 78.9 Å². The molecule has 0 aliphatic heterocycles. The van der Waals surface area contributed by atoms with E-state index in [4.69, 9.17) is 0 Å². The number of hydrogen-bond donors (Lipinski definition) is 1. The quantitative estimate of drug-likeness (QED) is 0.545. The fourth-order valence-corrected chi connectivity index (χ4v) is 2.90. The van der Waals surface area contributed by atoms with Crippen LogP contribution in [0.4, 0.5) is 4.39 Å². The standard InChI is InChI=1S/C20H14FNO/c21-15-11-9-14(10-12-15)19-13-17-18(7-4-8-20(17)23)22(19)16-5-2-1-3-6-16/h1-13,23H. The van der Waals surface area contributed by atoms with Gasteiger partial charge in [0.25, 0.3) is 0 Å². The number of nitrogens with zero attached hydrogens (tertiary/aromatic N) is 1. The van der Waals surface area contributed by atoms with Crippen LogP contribution < -0.4 is 0 Å². The van der Waals surface area contributed by atoms with Crippen molar-refractivity contribution in [1.29, 1.82) is 0 Å². The molecule has 4 aromatic rings. The zero-order valence-corrected chi connectivity index (χ0v) is 12.3. The van der Waals surface area contributed by atoms with Crippen LogP contribution in [0.3, 0.4) is 0 Å². The Morgan fingerprint density at radius 1 is 0.783 bits per heavy atom. The van der Waals surface area contributed by atoms with Crippen molar-refractivity contribution in [2.75, 3.05) is 0 Å². The first-order valence-electron chi connectivity index (χ1n) is 7.39.